The van der Waals surface area contributed by atoms with Crippen LogP contribution in [0.25, 0.3) is 0 Å². The predicted molar refractivity (Wildman–Crippen MR) is 86.9 cm³/mol. The molecule has 1 amide bonds. The molecule has 1 aliphatic heterocycles. The van der Waals surface area contributed by atoms with E-state index >= 15 is 0 Å². The summed E-state index contributed by atoms with van der Waals surface area (Å²) in [5.41, 5.74) is 2.43. The van der Waals surface area contributed by atoms with Gasteiger partial charge < -0.3 is 5.32 Å². The molecule has 1 saturated heterocycles. The van der Waals surface area contributed by atoms with Crippen LogP contribution in [-0.2, 0) is 17.9 Å². The number of rotatable bonds is 5. The number of nitrogens with one attached hydrogen (secondary N) is 1. The minimum Gasteiger partial charge on any atom is -0.351 e. The summed E-state index contributed by atoms with van der Waals surface area (Å²) >= 11 is 0. The molecule has 0 radical (unpaired) electrons. The topological polar surface area (TPSA) is 56.1 Å². The number of carbonyl (C=O) groups excluding carboxylic acids is 1. The lowest BCUT2D eigenvalue weighted by Crippen LogP contribution is -2.28. The van der Waals surface area contributed by atoms with Crippen molar-refractivity contribution in [2.24, 2.45) is 0 Å². The molecule has 0 saturated carbocycles. The second-order valence-corrected chi connectivity index (χ2v) is 5.92. The molecule has 0 unspecified atom stereocenters. The molecule has 0 spiro atoms. The molecular formula is C18H25N3O. The van der Waals surface area contributed by atoms with Crippen LogP contribution in [0.15, 0.2) is 24.3 Å². The summed E-state index contributed by atoms with van der Waals surface area (Å²) in [6.45, 7) is 3.78. The SMILES string of the molecule is N#CCC(=O)NCc1ccccc1CN1CCCCCCC1. The highest BCUT2D eigenvalue weighted by atomic mass is 16.1. The number of likely N-dealkylation sites (tertiary alicyclic amines) is 1. The summed E-state index contributed by atoms with van der Waals surface area (Å²) in [6, 6.07) is 10.1. The van der Waals surface area contributed by atoms with Crippen LogP contribution in [0.5, 0.6) is 0 Å². The summed E-state index contributed by atoms with van der Waals surface area (Å²) in [4.78, 5) is 14.0. The highest BCUT2D eigenvalue weighted by molar-refractivity contribution is 5.77. The van der Waals surface area contributed by atoms with E-state index in [4.69, 9.17) is 5.26 Å². The maximum atomic E-state index is 11.5. The normalized spacial score (nSPS) is 16.3. The average Bonchev–Trinajstić information content (AvgIpc) is 2.49. The zero-order valence-electron chi connectivity index (χ0n) is 13.2. The predicted octanol–water partition coefficient (Wildman–Crippen LogP) is 2.98. The van der Waals surface area contributed by atoms with Crippen molar-refractivity contribution in [3.8, 4) is 6.07 Å². The van der Waals surface area contributed by atoms with Gasteiger partial charge in [0.1, 0.15) is 6.42 Å². The molecule has 0 bridgehead atoms. The third-order valence-corrected chi connectivity index (χ3v) is 4.18. The molecular weight excluding hydrogens is 274 g/mol. The van der Waals surface area contributed by atoms with Crippen molar-refractivity contribution in [1.82, 2.24) is 10.2 Å². The van der Waals surface area contributed by atoms with Crippen molar-refractivity contribution in [1.29, 1.82) is 5.26 Å². The Balaban J connectivity index is 1.95. The molecule has 1 aromatic rings. The first-order valence-corrected chi connectivity index (χ1v) is 8.22. The van der Waals surface area contributed by atoms with Gasteiger partial charge in [-0.3, -0.25) is 9.69 Å². The van der Waals surface area contributed by atoms with Crippen LogP contribution in [0, 0.1) is 11.3 Å². The molecule has 4 nitrogen and oxygen atoms in total. The van der Waals surface area contributed by atoms with E-state index in [1.54, 1.807) is 0 Å². The fourth-order valence-electron chi connectivity index (χ4n) is 2.92. The van der Waals surface area contributed by atoms with Gasteiger partial charge in [0.25, 0.3) is 0 Å². The summed E-state index contributed by atoms with van der Waals surface area (Å²) < 4.78 is 0. The number of nitriles is 1. The van der Waals surface area contributed by atoms with E-state index in [1.165, 1.54) is 37.7 Å². The van der Waals surface area contributed by atoms with Gasteiger partial charge in [0.15, 0.2) is 0 Å². The van der Waals surface area contributed by atoms with Gasteiger partial charge >= 0.3 is 0 Å². The molecule has 1 heterocycles. The smallest absolute Gasteiger partial charge is 0.234 e. The molecule has 1 aromatic carbocycles. The van der Waals surface area contributed by atoms with Crippen molar-refractivity contribution in [2.45, 2.75) is 51.6 Å². The van der Waals surface area contributed by atoms with Gasteiger partial charge in [0, 0.05) is 13.1 Å². The lowest BCUT2D eigenvalue weighted by molar-refractivity contribution is -0.120. The van der Waals surface area contributed by atoms with E-state index in [9.17, 15) is 4.79 Å². The van der Waals surface area contributed by atoms with Crippen LogP contribution in [0.3, 0.4) is 0 Å². The van der Waals surface area contributed by atoms with Gasteiger partial charge in [-0.1, -0.05) is 43.5 Å². The Morgan fingerprint density at radius 1 is 1.09 bits per heavy atom. The molecule has 2 rings (SSSR count). The third-order valence-electron chi connectivity index (χ3n) is 4.18. The average molecular weight is 299 g/mol. The molecule has 0 aromatic heterocycles. The van der Waals surface area contributed by atoms with Gasteiger partial charge in [-0.2, -0.15) is 5.26 Å². The highest BCUT2D eigenvalue weighted by Gasteiger charge is 2.11. The van der Waals surface area contributed by atoms with Crippen LogP contribution in [0.1, 0.15) is 49.7 Å². The highest BCUT2D eigenvalue weighted by Crippen LogP contribution is 2.16. The fourth-order valence-corrected chi connectivity index (χ4v) is 2.92. The van der Waals surface area contributed by atoms with Crippen molar-refractivity contribution >= 4 is 5.91 Å². The molecule has 1 aliphatic rings. The molecule has 1 fully saturated rings. The number of amides is 1. The summed E-state index contributed by atoms with van der Waals surface area (Å²) in [6.07, 6.45) is 6.52. The Morgan fingerprint density at radius 2 is 1.73 bits per heavy atom. The molecule has 1 N–H and O–H groups in total. The van der Waals surface area contributed by atoms with E-state index in [1.807, 2.05) is 12.1 Å². The van der Waals surface area contributed by atoms with E-state index in [2.05, 4.69) is 28.4 Å². The molecule has 4 heteroatoms. The number of hydrogen-bond donors (Lipinski definition) is 1. The van der Waals surface area contributed by atoms with E-state index in [-0.39, 0.29) is 12.3 Å². The lowest BCUT2D eigenvalue weighted by Gasteiger charge is -2.25. The van der Waals surface area contributed by atoms with Crippen LogP contribution in [0.2, 0.25) is 0 Å². The molecule has 22 heavy (non-hydrogen) atoms. The van der Waals surface area contributed by atoms with E-state index in [0.717, 1.165) is 25.2 Å². The summed E-state index contributed by atoms with van der Waals surface area (Å²) in [5, 5.41) is 11.4. The lowest BCUT2D eigenvalue weighted by atomic mass is 10.0. The van der Waals surface area contributed by atoms with Crippen LogP contribution in [-0.4, -0.2) is 23.9 Å². The first-order chi connectivity index (χ1) is 10.8. The monoisotopic (exact) mass is 299 g/mol. The first kappa shape index (κ1) is 16.5. The van der Waals surface area contributed by atoms with E-state index in [0.29, 0.717) is 6.54 Å². The Morgan fingerprint density at radius 3 is 2.41 bits per heavy atom. The second-order valence-electron chi connectivity index (χ2n) is 5.92. The van der Waals surface area contributed by atoms with Crippen molar-refractivity contribution in [2.75, 3.05) is 13.1 Å². The number of hydrogen-bond acceptors (Lipinski definition) is 3. The Hall–Kier alpha value is -1.86. The first-order valence-electron chi connectivity index (χ1n) is 8.22. The summed E-state index contributed by atoms with van der Waals surface area (Å²) in [7, 11) is 0. The van der Waals surface area contributed by atoms with Gasteiger partial charge in [-0.25, -0.2) is 0 Å². The zero-order valence-corrected chi connectivity index (χ0v) is 13.2. The number of benzene rings is 1. The minimum absolute atomic E-state index is 0.0751. The van der Waals surface area contributed by atoms with Gasteiger partial charge in [-0.15, -0.1) is 0 Å². The maximum absolute atomic E-state index is 11.5. The largest absolute Gasteiger partial charge is 0.351 e. The van der Waals surface area contributed by atoms with E-state index < -0.39 is 0 Å². The molecule has 0 aliphatic carbocycles. The third kappa shape index (κ3) is 5.50. The Bertz CT molecular complexity index is 513. The van der Waals surface area contributed by atoms with Crippen molar-refractivity contribution in [3.05, 3.63) is 35.4 Å². The fraction of sp³-hybridized carbons (Fsp3) is 0.556. The van der Waals surface area contributed by atoms with Crippen molar-refractivity contribution < 1.29 is 4.79 Å². The molecule has 118 valence electrons. The molecule has 0 atom stereocenters. The van der Waals surface area contributed by atoms with Crippen LogP contribution >= 0.6 is 0 Å². The number of carbonyl (C=O) groups is 1. The summed E-state index contributed by atoms with van der Waals surface area (Å²) in [5.74, 6) is -0.205. The van der Waals surface area contributed by atoms with Crippen LogP contribution < -0.4 is 5.32 Å². The maximum Gasteiger partial charge on any atom is 0.234 e. The minimum atomic E-state index is -0.205. The zero-order chi connectivity index (χ0) is 15.6. The Kier molecular flexibility index (Phi) is 6.92. The van der Waals surface area contributed by atoms with Crippen LogP contribution in [0.4, 0.5) is 0 Å². The quantitative estimate of drug-likeness (QED) is 0.909. The van der Waals surface area contributed by atoms with Gasteiger partial charge in [0.2, 0.25) is 5.91 Å². The van der Waals surface area contributed by atoms with Crippen molar-refractivity contribution in [3.63, 3.8) is 0 Å². The standard InChI is InChI=1S/C18H25N3O/c19-11-10-18(22)20-14-16-8-4-5-9-17(16)15-21-12-6-2-1-3-7-13-21/h4-5,8-9H,1-3,6-7,10,12-15H2,(H,20,22). The van der Waals surface area contributed by atoms with Gasteiger partial charge in [-0.05, 0) is 37.1 Å². The van der Waals surface area contributed by atoms with Gasteiger partial charge in [0.05, 0.1) is 6.07 Å². The Labute approximate surface area is 133 Å². The number of nitrogens with zero attached hydrogens (tertiary/aromatic N) is 2. The second kappa shape index (κ2) is 9.22.